The zero-order valence-corrected chi connectivity index (χ0v) is 11.8. The van der Waals surface area contributed by atoms with Crippen molar-refractivity contribution in [3.8, 4) is 0 Å². The van der Waals surface area contributed by atoms with Crippen molar-refractivity contribution in [1.29, 1.82) is 0 Å². The molecule has 0 spiro atoms. The molecule has 104 valence electrons. The minimum atomic E-state index is -3.86. The second-order valence-electron chi connectivity index (χ2n) is 4.15. The van der Waals surface area contributed by atoms with Crippen molar-refractivity contribution in [2.24, 2.45) is 0 Å². The number of carbonyl (C=O) groups is 1. The molecule has 0 saturated heterocycles. The largest absolute Gasteiger partial charge is 0.293 e. The van der Waals surface area contributed by atoms with Crippen LogP contribution in [0, 0.1) is 5.82 Å². The third-order valence-electron chi connectivity index (χ3n) is 2.64. The van der Waals surface area contributed by atoms with Crippen LogP contribution in [0.1, 0.15) is 10.4 Å². The van der Waals surface area contributed by atoms with Crippen molar-refractivity contribution in [2.75, 3.05) is 5.75 Å². The zero-order chi connectivity index (χ0) is 14.8. The molecule has 0 saturated carbocycles. The predicted molar refractivity (Wildman–Crippen MR) is 74.2 cm³/mol. The first-order valence-electron chi connectivity index (χ1n) is 5.65. The van der Waals surface area contributed by atoms with Crippen LogP contribution < -0.4 is 0 Å². The van der Waals surface area contributed by atoms with E-state index in [-0.39, 0.29) is 10.5 Å². The molecule has 0 amide bonds. The molecule has 0 aromatic heterocycles. The third-order valence-corrected chi connectivity index (χ3v) is 4.51. The second kappa shape index (κ2) is 5.73. The van der Waals surface area contributed by atoms with Gasteiger partial charge in [0.05, 0.1) is 4.90 Å². The van der Waals surface area contributed by atoms with Gasteiger partial charge in [0.1, 0.15) is 11.6 Å². The average molecular weight is 313 g/mol. The molecule has 2 aromatic carbocycles. The lowest BCUT2D eigenvalue weighted by molar-refractivity contribution is 0.102. The van der Waals surface area contributed by atoms with Gasteiger partial charge in [-0.1, -0.05) is 17.7 Å². The number of sulfone groups is 1. The fourth-order valence-electron chi connectivity index (χ4n) is 1.64. The van der Waals surface area contributed by atoms with Gasteiger partial charge in [0, 0.05) is 10.6 Å². The van der Waals surface area contributed by atoms with Gasteiger partial charge in [0.25, 0.3) is 0 Å². The number of hydrogen-bond donors (Lipinski definition) is 0. The predicted octanol–water partition coefficient (Wildman–Crippen LogP) is 3.14. The van der Waals surface area contributed by atoms with Crippen LogP contribution in [-0.4, -0.2) is 20.0 Å². The summed E-state index contributed by atoms with van der Waals surface area (Å²) in [5.41, 5.74) is 0.245. The first kappa shape index (κ1) is 14.7. The van der Waals surface area contributed by atoms with Gasteiger partial charge in [0.15, 0.2) is 15.6 Å². The molecule has 0 bridgehead atoms. The van der Waals surface area contributed by atoms with Gasteiger partial charge in [-0.3, -0.25) is 4.79 Å². The summed E-state index contributed by atoms with van der Waals surface area (Å²) in [5.74, 6) is -1.94. The maximum absolute atomic E-state index is 13.0. The number of hydrogen-bond acceptors (Lipinski definition) is 3. The molecule has 0 radical (unpaired) electrons. The maximum atomic E-state index is 13.0. The van der Waals surface area contributed by atoms with Gasteiger partial charge in [0.2, 0.25) is 0 Å². The van der Waals surface area contributed by atoms with E-state index in [1.54, 1.807) is 0 Å². The molecule has 0 aliphatic rings. The molecule has 2 aromatic rings. The van der Waals surface area contributed by atoms with E-state index >= 15 is 0 Å². The number of ketones is 1. The van der Waals surface area contributed by atoms with E-state index in [4.69, 9.17) is 11.6 Å². The number of halogens is 2. The monoisotopic (exact) mass is 312 g/mol. The fraction of sp³-hybridized carbons (Fsp3) is 0.0714. The Morgan fingerprint density at radius 3 is 2.35 bits per heavy atom. The zero-order valence-electron chi connectivity index (χ0n) is 10.2. The SMILES string of the molecule is O=C(CS(=O)(=O)c1cccc(F)c1)c1ccc(Cl)cc1. The highest BCUT2D eigenvalue weighted by Gasteiger charge is 2.20. The lowest BCUT2D eigenvalue weighted by atomic mass is 10.1. The molecular formula is C14H10ClFO3S. The summed E-state index contributed by atoms with van der Waals surface area (Å²) in [7, 11) is -3.86. The van der Waals surface area contributed by atoms with Crippen molar-refractivity contribution < 1.29 is 17.6 Å². The van der Waals surface area contributed by atoms with Crippen LogP contribution in [0.5, 0.6) is 0 Å². The van der Waals surface area contributed by atoms with Gasteiger partial charge in [-0.05, 0) is 42.5 Å². The molecule has 0 aliphatic carbocycles. The minimum Gasteiger partial charge on any atom is -0.293 e. The molecule has 2 rings (SSSR count). The van der Waals surface area contributed by atoms with Crippen molar-refractivity contribution >= 4 is 27.2 Å². The van der Waals surface area contributed by atoms with Gasteiger partial charge < -0.3 is 0 Å². The highest BCUT2D eigenvalue weighted by Crippen LogP contribution is 2.15. The van der Waals surface area contributed by atoms with Crippen molar-refractivity contribution in [3.63, 3.8) is 0 Å². The Bertz CT molecular complexity index is 739. The third kappa shape index (κ3) is 3.43. The van der Waals surface area contributed by atoms with E-state index < -0.39 is 27.2 Å². The average Bonchev–Trinajstić information content (AvgIpc) is 2.39. The number of carbonyl (C=O) groups excluding carboxylic acids is 1. The summed E-state index contributed by atoms with van der Waals surface area (Å²) in [6, 6.07) is 10.5. The Morgan fingerprint density at radius 1 is 1.10 bits per heavy atom. The molecule has 0 fully saturated rings. The lowest BCUT2D eigenvalue weighted by Gasteiger charge is -2.04. The van der Waals surface area contributed by atoms with E-state index in [9.17, 15) is 17.6 Å². The smallest absolute Gasteiger partial charge is 0.185 e. The lowest BCUT2D eigenvalue weighted by Crippen LogP contribution is -2.16. The van der Waals surface area contributed by atoms with E-state index in [0.717, 1.165) is 12.1 Å². The molecular weight excluding hydrogens is 303 g/mol. The Balaban J connectivity index is 2.24. The first-order chi connectivity index (χ1) is 9.38. The molecule has 6 heteroatoms. The summed E-state index contributed by atoms with van der Waals surface area (Å²) < 4.78 is 37.1. The number of benzene rings is 2. The second-order valence-corrected chi connectivity index (χ2v) is 6.57. The molecule has 0 aliphatic heterocycles. The van der Waals surface area contributed by atoms with Crippen molar-refractivity contribution in [1.82, 2.24) is 0 Å². The van der Waals surface area contributed by atoms with Gasteiger partial charge in [-0.15, -0.1) is 0 Å². The van der Waals surface area contributed by atoms with E-state index in [1.807, 2.05) is 0 Å². The van der Waals surface area contributed by atoms with Crippen LogP contribution in [0.15, 0.2) is 53.4 Å². The summed E-state index contributed by atoms with van der Waals surface area (Å²) in [4.78, 5) is 11.7. The van der Waals surface area contributed by atoms with Crippen LogP contribution >= 0.6 is 11.6 Å². The van der Waals surface area contributed by atoms with Crippen LogP contribution in [0.25, 0.3) is 0 Å². The molecule has 0 unspecified atom stereocenters. The molecule has 0 heterocycles. The van der Waals surface area contributed by atoms with Crippen LogP contribution in [0.3, 0.4) is 0 Å². The topological polar surface area (TPSA) is 51.2 Å². The summed E-state index contributed by atoms with van der Waals surface area (Å²) in [6.07, 6.45) is 0. The highest BCUT2D eigenvalue weighted by molar-refractivity contribution is 7.92. The summed E-state index contributed by atoms with van der Waals surface area (Å²) >= 11 is 5.69. The van der Waals surface area contributed by atoms with Crippen LogP contribution in [0.2, 0.25) is 5.02 Å². The Morgan fingerprint density at radius 2 is 1.75 bits per heavy atom. The van der Waals surface area contributed by atoms with Crippen molar-refractivity contribution in [3.05, 3.63) is 64.9 Å². The first-order valence-corrected chi connectivity index (χ1v) is 7.68. The van der Waals surface area contributed by atoms with Gasteiger partial charge >= 0.3 is 0 Å². The van der Waals surface area contributed by atoms with E-state index in [1.165, 1.54) is 36.4 Å². The standard InChI is InChI=1S/C14H10ClFO3S/c15-11-6-4-10(5-7-11)14(17)9-20(18,19)13-3-1-2-12(16)8-13/h1-8H,9H2. The van der Waals surface area contributed by atoms with Gasteiger partial charge in [-0.25, -0.2) is 12.8 Å². The molecule has 0 atom stereocenters. The molecule has 3 nitrogen and oxygen atoms in total. The maximum Gasteiger partial charge on any atom is 0.185 e. The van der Waals surface area contributed by atoms with E-state index in [0.29, 0.717) is 5.02 Å². The minimum absolute atomic E-state index is 0.209. The molecule has 0 N–H and O–H groups in total. The van der Waals surface area contributed by atoms with E-state index in [2.05, 4.69) is 0 Å². The van der Waals surface area contributed by atoms with Crippen molar-refractivity contribution in [2.45, 2.75) is 4.90 Å². The molecule has 20 heavy (non-hydrogen) atoms. The van der Waals surface area contributed by atoms with Crippen LogP contribution in [-0.2, 0) is 9.84 Å². The highest BCUT2D eigenvalue weighted by atomic mass is 35.5. The van der Waals surface area contributed by atoms with Crippen LogP contribution in [0.4, 0.5) is 4.39 Å². The fourth-order valence-corrected chi connectivity index (χ4v) is 3.02. The van der Waals surface area contributed by atoms with Gasteiger partial charge in [-0.2, -0.15) is 0 Å². The quantitative estimate of drug-likeness (QED) is 0.815. The summed E-state index contributed by atoms with van der Waals surface area (Å²) in [6.45, 7) is 0. The Hall–Kier alpha value is -1.72. The Kier molecular flexibility index (Phi) is 4.20. The normalized spacial score (nSPS) is 11.3. The summed E-state index contributed by atoms with van der Waals surface area (Å²) in [5, 5.41) is 0.453. The number of rotatable bonds is 4. The Labute approximate surface area is 120 Å². The number of Topliss-reactive ketones (excluding diaryl/α,β-unsaturated/α-hetero) is 1.